The van der Waals surface area contributed by atoms with Gasteiger partial charge in [-0.1, -0.05) is 6.08 Å². The number of benzene rings is 1. The number of hydrogen-bond acceptors (Lipinski definition) is 4. The van der Waals surface area contributed by atoms with Gasteiger partial charge >= 0.3 is 11.8 Å². The Kier molecular flexibility index (Phi) is 3.47. The number of amides is 2. The van der Waals surface area contributed by atoms with Crippen LogP contribution in [-0.2, 0) is 9.59 Å². The Balaban J connectivity index is 1.99. The quantitative estimate of drug-likeness (QED) is 0.608. The van der Waals surface area contributed by atoms with Gasteiger partial charge in [-0.15, -0.1) is 6.58 Å². The van der Waals surface area contributed by atoms with Crippen molar-refractivity contribution in [3.05, 3.63) is 30.9 Å². The van der Waals surface area contributed by atoms with E-state index in [9.17, 15) is 9.59 Å². The second kappa shape index (κ2) is 5.22. The average molecular weight is 248 g/mol. The summed E-state index contributed by atoms with van der Waals surface area (Å²) in [6.45, 7) is 3.84. The third-order valence-corrected chi connectivity index (χ3v) is 2.24. The SMILES string of the molecule is C=CCNC(=O)C(=O)Nc1ccc2c(c1)OCO2. The van der Waals surface area contributed by atoms with Crippen molar-refractivity contribution in [2.75, 3.05) is 18.7 Å². The van der Waals surface area contributed by atoms with Crippen LogP contribution in [-0.4, -0.2) is 25.2 Å². The zero-order valence-electron chi connectivity index (χ0n) is 9.56. The Bertz CT molecular complexity index is 499. The first-order chi connectivity index (χ1) is 8.70. The predicted octanol–water partition coefficient (Wildman–Crippen LogP) is 0.656. The van der Waals surface area contributed by atoms with Gasteiger partial charge in [0.15, 0.2) is 11.5 Å². The Morgan fingerprint density at radius 3 is 2.83 bits per heavy atom. The van der Waals surface area contributed by atoms with Crippen LogP contribution in [0.1, 0.15) is 0 Å². The van der Waals surface area contributed by atoms with Crippen LogP contribution in [0.4, 0.5) is 5.69 Å². The molecule has 0 aromatic heterocycles. The van der Waals surface area contributed by atoms with Crippen molar-refractivity contribution in [1.82, 2.24) is 5.32 Å². The van der Waals surface area contributed by atoms with Gasteiger partial charge in [0.25, 0.3) is 0 Å². The smallest absolute Gasteiger partial charge is 0.313 e. The largest absolute Gasteiger partial charge is 0.454 e. The fourth-order valence-electron chi connectivity index (χ4n) is 1.41. The molecule has 18 heavy (non-hydrogen) atoms. The zero-order chi connectivity index (χ0) is 13.0. The monoisotopic (exact) mass is 248 g/mol. The second-order valence-electron chi connectivity index (χ2n) is 3.52. The summed E-state index contributed by atoms with van der Waals surface area (Å²) in [6.07, 6.45) is 1.49. The number of nitrogens with one attached hydrogen (secondary N) is 2. The average Bonchev–Trinajstić information content (AvgIpc) is 2.83. The number of hydrogen-bond donors (Lipinski definition) is 2. The highest BCUT2D eigenvalue weighted by molar-refractivity contribution is 6.39. The van der Waals surface area contributed by atoms with E-state index in [1.807, 2.05) is 0 Å². The third kappa shape index (κ3) is 2.60. The topological polar surface area (TPSA) is 76.7 Å². The summed E-state index contributed by atoms with van der Waals surface area (Å²) in [5, 5.41) is 4.84. The van der Waals surface area contributed by atoms with Crippen molar-refractivity contribution in [2.45, 2.75) is 0 Å². The van der Waals surface area contributed by atoms with Crippen LogP contribution in [0.15, 0.2) is 30.9 Å². The van der Waals surface area contributed by atoms with Crippen molar-refractivity contribution in [3.8, 4) is 11.5 Å². The Morgan fingerprint density at radius 2 is 2.06 bits per heavy atom. The highest BCUT2D eigenvalue weighted by atomic mass is 16.7. The molecule has 0 unspecified atom stereocenters. The molecule has 6 nitrogen and oxygen atoms in total. The van der Waals surface area contributed by atoms with E-state index >= 15 is 0 Å². The van der Waals surface area contributed by atoms with E-state index in [-0.39, 0.29) is 13.3 Å². The van der Waals surface area contributed by atoms with Crippen molar-refractivity contribution in [1.29, 1.82) is 0 Å². The molecule has 0 fully saturated rings. The minimum absolute atomic E-state index is 0.159. The van der Waals surface area contributed by atoms with Crippen LogP contribution in [0.3, 0.4) is 0 Å². The maximum absolute atomic E-state index is 11.5. The maximum Gasteiger partial charge on any atom is 0.313 e. The Hall–Kier alpha value is -2.50. The summed E-state index contributed by atoms with van der Waals surface area (Å²) in [5.41, 5.74) is 0.470. The fraction of sp³-hybridized carbons (Fsp3) is 0.167. The van der Waals surface area contributed by atoms with E-state index in [0.29, 0.717) is 17.2 Å². The molecule has 0 saturated carbocycles. The molecule has 0 radical (unpaired) electrons. The van der Waals surface area contributed by atoms with Crippen LogP contribution in [0.25, 0.3) is 0 Å². The lowest BCUT2D eigenvalue weighted by Gasteiger charge is -2.05. The van der Waals surface area contributed by atoms with E-state index in [1.54, 1.807) is 18.2 Å². The first kappa shape index (κ1) is 12.0. The second-order valence-corrected chi connectivity index (χ2v) is 3.52. The van der Waals surface area contributed by atoms with E-state index < -0.39 is 11.8 Å². The lowest BCUT2D eigenvalue weighted by atomic mass is 10.2. The molecule has 1 heterocycles. The number of carbonyl (C=O) groups excluding carboxylic acids is 2. The number of rotatable bonds is 3. The van der Waals surface area contributed by atoms with Gasteiger partial charge in [-0.3, -0.25) is 9.59 Å². The summed E-state index contributed by atoms with van der Waals surface area (Å²) in [6, 6.07) is 4.90. The minimum Gasteiger partial charge on any atom is -0.454 e. The van der Waals surface area contributed by atoms with Crippen LogP contribution >= 0.6 is 0 Å². The van der Waals surface area contributed by atoms with Crippen molar-refractivity contribution >= 4 is 17.5 Å². The first-order valence-corrected chi connectivity index (χ1v) is 5.30. The molecule has 94 valence electrons. The van der Waals surface area contributed by atoms with Crippen molar-refractivity contribution in [2.24, 2.45) is 0 Å². The Labute approximate surface area is 104 Å². The van der Waals surface area contributed by atoms with Gasteiger partial charge in [-0.25, -0.2) is 0 Å². The summed E-state index contributed by atoms with van der Waals surface area (Å²) >= 11 is 0. The highest BCUT2D eigenvalue weighted by Crippen LogP contribution is 2.34. The number of fused-ring (bicyclic) bond motifs is 1. The maximum atomic E-state index is 11.5. The van der Waals surface area contributed by atoms with Crippen LogP contribution in [0, 0.1) is 0 Å². The fourth-order valence-corrected chi connectivity index (χ4v) is 1.41. The van der Waals surface area contributed by atoms with Crippen LogP contribution in [0.5, 0.6) is 11.5 Å². The molecule has 2 amide bonds. The van der Waals surface area contributed by atoms with Gasteiger partial charge in [0.1, 0.15) is 0 Å². The molecule has 0 atom stereocenters. The van der Waals surface area contributed by atoms with Crippen molar-refractivity contribution in [3.63, 3.8) is 0 Å². The number of ether oxygens (including phenoxy) is 2. The summed E-state index contributed by atoms with van der Waals surface area (Å²) in [4.78, 5) is 22.8. The molecule has 2 N–H and O–H groups in total. The van der Waals surface area contributed by atoms with Crippen molar-refractivity contribution < 1.29 is 19.1 Å². The van der Waals surface area contributed by atoms with Gasteiger partial charge in [0, 0.05) is 18.3 Å². The van der Waals surface area contributed by atoms with Gasteiger partial charge in [-0.2, -0.15) is 0 Å². The number of anilines is 1. The van der Waals surface area contributed by atoms with Gasteiger partial charge in [0.2, 0.25) is 6.79 Å². The molecule has 2 rings (SSSR count). The summed E-state index contributed by atoms with van der Waals surface area (Å²) in [5.74, 6) is -0.299. The van der Waals surface area contributed by atoms with E-state index in [4.69, 9.17) is 9.47 Å². The molecular formula is C12H12N2O4. The van der Waals surface area contributed by atoms with E-state index in [1.165, 1.54) is 6.08 Å². The normalized spacial score (nSPS) is 11.8. The first-order valence-electron chi connectivity index (χ1n) is 5.30. The molecule has 0 bridgehead atoms. The molecule has 1 aliphatic heterocycles. The number of carbonyl (C=O) groups is 2. The van der Waals surface area contributed by atoms with E-state index in [2.05, 4.69) is 17.2 Å². The molecule has 0 spiro atoms. The third-order valence-electron chi connectivity index (χ3n) is 2.24. The zero-order valence-corrected chi connectivity index (χ0v) is 9.56. The minimum atomic E-state index is -0.740. The molecule has 1 aliphatic rings. The Morgan fingerprint density at radius 1 is 1.28 bits per heavy atom. The summed E-state index contributed by atoms with van der Waals surface area (Å²) in [7, 11) is 0. The van der Waals surface area contributed by atoms with Crippen LogP contribution < -0.4 is 20.1 Å². The molecule has 6 heteroatoms. The lowest BCUT2D eigenvalue weighted by molar-refractivity contribution is -0.136. The summed E-state index contributed by atoms with van der Waals surface area (Å²) < 4.78 is 10.3. The molecule has 0 saturated heterocycles. The van der Waals surface area contributed by atoms with Crippen LogP contribution in [0.2, 0.25) is 0 Å². The molecular weight excluding hydrogens is 236 g/mol. The highest BCUT2D eigenvalue weighted by Gasteiger charge is 2.16. The molecule has 0 aliphatic carbocycles. The molecule has 1 aromatic rings. The van der Waals surface area contributed by atoms with Gasteiger partial charge in [0.05, 0.1) is 0 Å². The standard InChI is InChI=1S/C12H12N2O4/c1-2-5-13-11(15)12(16)14-8-3-4-9-10(6-8)18-7-17-9/h2-4,6H,1,5,7H2,(H,13,15)(H,14,16). The lowest BCUT2D eigenvalue weighted by Crippen LogP contribution is -2.35. The predicted molar refractivity (Wildman–Crippen MR) is 64.4 cm³/mol. The van der Waals surface area contributed by atoms with Gasteiger partial charge < -0.3 is 20.1 Å². The van der Waals surface area contributed by atoms with E-state index in [0.717, 1.165) is 0 Å². The van der Waals surface area contributed by atoms with Gasteiger partial charge in [-0.05, 0) is 12.1 Å². The molecule has 1 aromatic carbocycles.